The molecule has 0 bridgehead atoms. The average Bonchev–Trinajstić information content (AvgIpc) is 3.00. The summed E-state index contributed by atoms with van der Waals surface area (Å²) >= 11 is 0. The normalized spacial score (nSPS) is 25.3. The monoisotopic (exact) mass is 263 g/mol. The third-order valence-corrected chi connectivity index (χ3v) is 4.52. The maximum absolute atomic E-state index is 5.99. The molecule has 0 atom stereocenters. The second-order valence-corrected chi connectivity index (χ2v) is 6.46. The van der Waals surface area contributed by atoms with Crippen LogP contribution in [0.25, 0.3) is 0 Å². The van der Waals surface area contributed by atoms with Crippen LogP contribution >= 0.6 is 0 Å². The Morgan fingerprint density at radius 3 is 2.16 bits per heavy atom. The predicted molar refractivity (Wildman–Crippen MR) is 75.9 cm³/mol. The van der Waals surface area contributed by atoms with Crippen LogP contribution in [0.3, 0.4) is 0 Å². The number of nitrogens with zero attached hydrogens (tertiary/aromatic N) is 1. The van der Waals surface area contributed by atoms with Crippen molar-refractivity contribution < 1.29 is 13.7 Å². The second-order valence-electron chi connectivity index (χ2n) is 6.46. The van der Waals surface area contributed by atoms with Gasteiger partial charge in [-0.3, -0.25) is 0 Å². The molecule has 104 valence electrons. The van der Waals surface area contributed by atoms with Gasteiger partial charge in [-0.1, -0.05) is 0 Å². The molecule has 0 amide bonds. The van der Waals surface area contributed by atoms with E-state index in [1.165, 1.54) is 12.8 Å². The van der Waals surface area contributed by atoms with E-state index in [4.69, 9.17) is 13.7 Å². The van der Waals surface area contributed by atoms with Crippen LogP contribution < -0.4 is 10.6 Å². The molecule has 3 heterocycles. The summed E-state index contributed by atoms with van der Waals surface area (Å²) < 4.78 is 17.9. The lowest BCUT2D eigenvalue weighted by molar-refractivity contribution is 0.00578. The minimum atomic E-state index is -0.402. The first kappa shape index (κ1) is 13.1. The lowest BCUT2D eigenvalue weighted by Crippen LogP contribution is -2.41. The third kappa shape index (κ3) is 2.19. The Morgan fingerprint density at radius 2 is 1.58 bits per heavy atom. The van der Waals surface area contributed by atoms with Crippen LogP contribution in [0.15, 0.2) is 16.5 Å². The van der Waals surface area contributed by atoms with E-state index in [0.717, 1.165) is 24.6 Å². The van der Waals surface area contributed by atoms with Gasteiger partial charge in [-0.15, -0.1) is 0 Å². The van der Waals surface area contributed by atoms with Crippen LogP contribution in [-0.4, -0.2) is 31.4 Å². The molecule has 0 radical (unpaired) electrons. The zero-order valence-electron chi connectivity index (χ0n) is 12.2. The minimum Gasteiger partial charge on any atom is -0.449 e. The highest BCUT2D eigenvalue weighted by atomic mass is 16.7. The molecule has 1 aromatic heterocycles. The predicted octanol–water partition coefficient (Wildman–Crippen LogP) is 2.18. The molecule has 2 aliphatic rings. The van der Waals surface area contributed by atoms with Crippen LogP contribution in [0.2, 0.25) is 0 Å². The van der Waals surface area contributed by atoms with E-state index in [1.807, 2.05) is 12.1 Å². The smallest absolute Gasteiger partial charge is 0.449 e. The average molecular weight is 263 g/mol. The lowest BCUT2D eigenvalue weighted by atomic mass is 9.86. The van der Waals surface area contributed by atoms with E-state index in [0.29, 0.717) is 0 Å². The summed E-state index contributed by atoms with van der Waals surface area (Å²) in [5, 5.41) is 0. The van der Waals surface area contributed by atoms with E-state index < -0.39 is 7.12 Å². The number of hydrogen-bond acceptors (Lipinski definition) is 4. The lowest BCUT2D eigenvalue weighted by Gasteiger charge is -2.32. The SMILES string of the molecule is CC1(C)OB(c2ccc(N3CCCC3)o2)OC1(C)C. The van der Waals surface area contributed by atoms with Gasteiger partial charge in [0, 0.05) is 19.2 Å². The molecule has 0 aromatic carbocycles. The summed E-state index contributed by atoms with van der Waals surface area (Å²) in [7, 11) is -0.402. The van der Waals surface area contributed by atoms with E-state index in [2.05, 4.69) is 32.6 Å². The molecule has 4 nitrogen and oxygen atoms in total. The fraction of sp³-hybridized carbons (Fsp3) is 0.714. The molecule has 0 N–H and O–H groups in total. The third-order valence-electron chi connectivity index (χ3n) is 4.52. The first-order valence-corrected chi connectivity index (χ1v) is 7.09. The van der Waals surface area contributed by atoms with Gasteiger partial charge in [-0.2, -0.15) is 0 Å². The van der Waals surface area contributed by atoms with E-state index in [1.54, 1.807) is 0 Å². The van der Waals surface area contributed by atoms with Crippen LogP contribution in [0.5, 0.6) is 0 Å². The maximum Gasteiger partial charge on any atom is 0.532 e. The van der Waals surface area contributed by atoms with Crippen molar-refractivity contribution in [2.75, 3.05) is 18.0 Å². The minimum absolute atomic E-state index is 0.321. The van der Waals surface area contributed by atoms with Crippen molar-refractivity contribution in [3.8, 4) is 0 Å². The molecule has 0 aliphatic carbocycles. The summed E-state index contributed by atoms with van der Waals surface area (Å²) in [6, 6.07) is 3.99. The zero-order valence-corrected chi connectivity index (χ0v) is 12.2. The molecule has 2 aliphatic heterocycles. The first-order chi connectivity index (χ1) is 8.89. The van der Waals surface area contributed by atoms with Crippen molar-refractivity contribution in [2.45, 2.75) is 51.7 Å². The van der Waals surface area contributed by atoms with E-state index in [-0.39, 0.29) is 11.2 Å². The molecule has 1 aromatic rings. The summed E-state index contributed by atoms with van der Waals surface area (Å²) in [4.78, 5) is 2.27. The molecule has 5 heteroatoms. The molecule has 3 rings (SSSR count). The number of anilines is 1. The highest BCUT2D eigenvalue weighted by Gasteiger charge is 2.53. The van der Waals surface area contributed by atoms with Gasteiger partial charge >= 0.3 is 7.12 Å². The fourth-order valence-corrected chi connectivity index (χ4v) is 2.54. The second kappa shape index (κ2) is 4.28. The largest absolute Gasteiger partial charge is 0.532 e. The zero-order chi connectivity index (χ0) is 13.7. The van der Waals surface area contributed by atoms with Gasteiger partial charge in [0.2, 0.25) is 0 Å². The summed E-state index contributed by atoms with van der Waals surface area (Å²) in [6.45, 7) is 10.4. The van der Waals surface area contributed by atoms with Crippen LogP contribution in [-0.2, 0) is 9.31 Å². The Labute approximate surface area is 115 Å². The standard InChI is InChI=1S/C14H22BNO3/c1-13(2)14(3,4)19-15(18-13)11-7-8-12(17-11)16-9-5-6-10-16/h7-8H,5-6,9-10H2,1-4H3. The molecule has 2 fully saturated rings. The van der Waals surface area contributed by atoms with Crippen LogP contribution in [0.4, 0.5) is 5.88 Å². The van der Waals surface area contributed by atoms with Crippen molar-refractivity contribution in [2.24, 2.45) is 0 Å². The van der Waals surface area contributed by atoms with E-state index >= 15 is 0 Å². The van der Waals surface area contributed by atoms with Gasteiger partial charge in [-0.25, -0.2) is 0 Å². The van der Waals surface area contributed by atoms with Crippen LogP contribution in [0.1, 0.15) is 40.5 Å². The van der Waals surface area contributed by atoms with Gasteiger partial charge in [0.05, 0.1) is 11.2 Å². The van der Waals surface area contributed by atoms with Crippen molar-refractivity contribution >= 4 is 18.7 Å². The molecular formula is C14H22BNO3. The molecule has 0 spiro atoms. The highest BCUT2D eigenvalue weighted by molar-refractivity contribution is 6.60. The quantitative estimate of drug-likeness (QED) is 0.766. The van der Waals surface area contributed by atoms with Gasteiger partial charge < -0.3 is 18.6 Å². The van der Waals surface area contributed by atoms with Gasteiger partial charge in [0.15, 0.2) is 5.88 Å². The number of rotatable bonds is 2. The topological polar surface area (TPSA) is 34.8 Å². The van der Waals surface area contributed by atoms with Crippen molar-refractivity contribution in [1.29, 1.82) is 0 Å². The highest BCUT2D eigenvalue weighted by Crippen LogP contribution is 2.36. The Morgan fingerprint density at radius 1 is 1.00 bits per heavy atom. The fourth-order valence-electron chi connectivity index (χ4n) is 2.54. The van der Waals surface area contributed by atoms with Crippen molar-refractivity contribution in [3.05, 3.63) is 12.1 Å². The summed E-state index contributed by atoms with van der Waals surface area (Å²) in [5.74, 6) is 0.933. The summed E-state index contributed by atoms with van der Waals surface area (Å²) in [6.07, 6.45) is 2.49. The Kier molecular flexibility index (Phi) is 2.95. The summed E-state index contributed by atoms with van der Waals surface area (Å²) in [5.41, 5.74) is 0.122. The number of hydrogen-bond donors (Lipinski definition) is 0. The van der Waals surface area contributed by atoms with Crippen molar-refractivity contribution in [3.63, 3.8) is 0 Å². The van der Waals surface area contributed by atoms with Gasteiger partial charge in [-0.05, 0) is 46.6 Å². The molecule has 2 saturated heterocycles. The van der Waals surface area contributed by atoms with Gasteiger partial charge in [0.1, 0.15) is 5.66 Å². The number of furan rings is 1. The van der Waals surface area contributed by atoms with Crippen molar-refractivity contribution in [1.82, 2.24) is 0 Å². The molecule has 0 unspecified atom stereocenters. The van der Waals surface area contributed by atoms with E-state index in [9.17, 15) is 0 Å². The molecule has 19 heavy (non-hydrogen) atoms. The molecular weight excluding hydrogens is 241 g/mol. The van der Waals surface area contributed by atoms with Gasteiger partial charge in [0.25, 0.3) is 0 Å². The Balaban J connectivity index is 1.77. The Bertz CT molecular complexity index is 447. The maximum atomic E-state index is 5.99. The Hall–Kier alpha value is -0.935. The first-order valence-electron chi connectivity index (χ1n) is 7.09. The molecule has 0 saturated carbocycles. The van der Waals surface area contributed by atoms with Crippen LogP contribution in [0, 0.1) is 0 Å².